The van der Waals surface area contributed by atoms with Crippen molar-refractivity contribution < 1.29 is 9.90 Å². The first-order valence-electron chi connectivity index (χ1n) is 6.30. The molecular formula is C16H16ClNO2. The Hall–Kier alpha value is -2.00. The first-order valence-corrected chi connectivity index (χ1v) is 6.68. The van der Waals surface area contributed by atoms with Gasteiger partial charge in [0.1, 0.15) is 5.75 Å². The van der Waals surface area contributed by atoms with Gasteiger partial charge in [0.2, 0.25) is 0 Å². The molecule has 0 fully saturated rings. The van der Waals surface area contributed by atoms with Crippen LogP contribution in [0.15, 0.2) is 48.5 Å². The molecule has 0 saturated heterocycles. The standard InChI is InChI=1S/C16H16ClNO2/c1-11(12-6-8-14(17)9-7-12)18(2)16(20)13-4-3-5-15(19)10-13/h3-11,19H,1-2H3. The van der Waals surface area contributed by atoms with E-state index in [1.165, 1.54) is 6.07 Å². The molecule has 0 spiro atoms. The number of carbonyl (C=O) groups excluding carboxylic acids is 1. The smallest absolute Gasteiger partial charge is 0.254 e. The lowest BCUT2D eigenvalue weighted by molar-refractivity contribution is 0.0742. The van der Waals surface area contributed by atoms with E-state index in [1.807, 2.05) is 19.1 Å². The summed E-state index contributed by atoms with van der Waals surface area (Å²) in [6.07, 6.45) is 0. The number of benzene rings is 2. The molecule has 0 aromatic heterocycles. The molecule has 2 aromatic rings. The fourth-order valence-electron chi connectivity index (χ4n) is 1.98. The highest BCUT2D eigenvalue weighted by atomic mass is 35.5. The van der Waals surface area contributed by atoms with Gasteiger partial charge >= 0.3 is 0 Å². The molecular weight excluding hydrogens is 274 g/mol. The van der Waals surface area contributed by atoms with Crippen LogP contribution in [0.4, 0.5) is 0 Å². The van der Waals surface area contributed by atoms with E-state index < -0.39 is 0 Å². The summed E-state index contributed by atoms with van der Waals surface area (Å²) in [4.78, 5) is 14.0. The van der Waals surface area contributed by atoms with Gasteiger partial charge in [0.15, 0.2) is 0 Å². The zero-order chi connectivity index (χ0) is 14.7. The van der Waals surface area contributed by atoms with E-state index in [4.69, 9.17) is 11.6 Å². The summed E-state index contributed by atoms with van der Waals surface area (Å²) in [7, 11) is 1.74. The highest BCUT2D eigenvalue weighted by Gasteiger charge is 2.19. The number of halogens is 1. The third kappa shape index (κ3) is 3.11. The van der Waals surface area contributed by atoms with Crippen LogP contribution in [0, 0.1) is 0 Å². The summed E-state index contributed by atoms with van der Waals surface area (Å²) in [6.45, 7) is 1.95. The third-order valence-electron chi connectivity index (χ3n) is 3.35. The average Bonchev–Trinajstić information content (AvgIpc) is 2.46. The maximum Gasteiger partial charge on any atom is 0.254 e. The molecule has 3 nitrogen and oxygen atoms in total. The summed E-state index contributed by atoms with van der Waals surface area (Å²) in [5.74, 6) is -0.0493. The molecule has 20 heavy (non-hydrogen) atoms. The highest BCUT2D eigenvalue weighted by Crippen LogP contribution is 2.23. The van der Waals surface area contributed by atoms with Gasteiger partial charge in [0.25, 0.3) is 5.91 Å². The fourth-order valence-corrected chi connectivity index (χ4v) is 2.11. The van der Waals surface area contributed by atoms with Crippen LogP contribution in [0.3, 0.4) is 0 Å². The molecule has 2 aromatic carbocycles. The van der Waals surface area contributed by atoms with Crippen LogP contribution in [-0.2, 0) is 0 Å². The van der Waals surface area contributed by atoms with Crippen LogP contribution >= 0.6 is 11.6 Å². The second kappa shape index (κ2) is 5.97. The molecule has 1 unspecified atom stereocenters. The molecule has 0 aliphatic heterocycles. The molecule has 0 aliphatic rings. The number of hydrogen-bond acceptors (Lipinski definition) is 2. The lowest BCUT2D eigenvalue weighted by atomic mass is 10.1. The van der Waals surface area contributed by atoms with E-state index in [2.05, 4.69) is 0 Å². The van der Waals surface area contributed by atoms with Crippen LogP contribution < -0.4 is 0 Å². The minimum atomic E-state index is -0.136. The van der Waals surface area contributed by atoms with Gasteiger partial charge in [0, 0.05) is 17.6 Å². The van der Waals surface area contributed by atoms with Gasteiger partial charge in [0.05, 0.1) is 6.04 Å². The Balaban J connectivity index is 2.20. The van der Waals surface area contributed by atoms with Crippen molar-refractivity contribution in [1.29, 1.82) is 0 Å². The van der Waals surface area contributed by atoms with Crippen molar-refractivity contribution >= 4 is 17.5 Å². The summed E-state index contributed by atoms with van der Waals surface area (Å²) in [5, 5.41) is 10.1. The SMILES string of the molecule is CC(c1ccc(Cl)cc1)N(C)C(=O)c1cccc(O)c1. The lowest BCUT2D eigenvalue weighted by Crippen LogP contribution is -2.29. The molecule has 1 atom stereocenters. The first kappa shape index (κ1) is 14.4. The monoisotopic (exact) mass is 289 g/mol. The Morgan fingerprint density at radius 2 is 1.85 bits per heavy atom. The fraction of sp³-hybridized carbons (Fsp3) is 0.188. The number of carbonyl (C=O) groups is 1. The van der Waals surface area contributed by atoms with Crippen molar-refractivity contribution in [1.82, 2.24) is 4.90 Å². The molecule has 0 radical (unpaired) electrons. The molecule has 0 aliphatic carbocycles. The summed E-state index contributed by atoms with van der Waals surface area (Å²) in [6, 6.07) is 13.7. The van der Waals surface area contributed by atoms with Gasteiger partial charge in [-0.3, -0.25) is 4.79 Å². The minimum absolute atomic E-state index is 0.0814. The maximum atomic E-state index is 12.4. The van der Waals surface area contributed by atoms with Crippen LogP contribution in [0.2, 0.25) is 5.02 Å². The maximum absolute atomic E-state index is 12.4. The average molecular weight is 290 g/mol. The zero-order valence-corrected chi connectivity index (χ0v) is 12.1. The predicted molar refractivity (Wildman–Crippen MR) is 80.1 cm³/mol. The van der Waals surface area contributed by atoms with E-state index in [1.54, 1.807) is 42.3 Å². The first-order chi connectivity index (χ1) is 9.49. The van der Waals surface area contributed by atoms with E-state index in [0.717, 1.165) is 5.56 Å². The van der Waals surface area contributed by atoms with Gasteiger partial charge in [-0.1, -0.05) is 29.8 Å². The number of aromatic hydroxyl groups is 1. The topological polar surface area (TPSA) is 40.5 Å². The Morgan fingerprint density at radius 1 is 1.20 bits per heavy atom. The molecule has 0 saturated carbocycles. The van der Waals surface area contributed by atoms with E-state index in [-0.39, 0.29) is 17.7 Å². The van der Waals surface area contributed by atoms with Gasteiger partial charge in [-0.05, 0) is 42.8 Å². The van der Waals surface area contributed by atoms with Crippen molar-refractivity contribution in [3.05, 3.63) is 64.7 Å². The van der Waals surface area contributed by atoms with Gasteiger partial charge in [-0.2, -0.15) is 0 Å². The van der Waals surface area contributed by atoms with Gasteiger partial charge < -0.3 is 10.0 Å². The highest BCUT2D eigenvalue weighted by molar-refractivity contribution is 6.30. The zero-order valence-electron chi connectivity index (χ0n) is 11.4. The van der Waals surface area contributed by atoms with Gasteiger partial charge in [-0.25, -0.2) is 0 Å². The quantitative estimate of drug-likeness (QED) is 0.931. The van der Waals surface area contributed by atoms with Crippen molar-refractivity contribution in [2.24, 2.45) is 0 Å². The number of phenols is 1. The molecule has 1 N–H and O–H groups in total. The van der Waals surface area contributed by atoms with Crippen LogP contribution in [0.25, 0.3) is 0 Å². The van der Waals surface area contributed by atoms with Crippen molar-refractivity contribution in [3.63, 3.8) is 0 Å². The van der Waals surface area contributed by atoms with Crippen molar-refractivity contribution in [3.8, 4) is 5.75 Å². The number of hydrogen-bond donors (Lipinski definition) is 1. The Bertz CT molecular complexity index is 610. The van der Waals surface area contributed by atoms with Crippen LogP contribution in [0.1, 0.15) is 28.9 Å². The second-order valence-electron chi connectivity index (χ2n) is 4.69. The third-order valence-corrected chi connectivity index (χ3v) is 3.60. The van der Waals surface area contributed by atoms with Gasteiger partial charge in [-0.15, -0.1) is 0 Å². The normalized spacial score (nSPS) is 11.9. The molecule has 104 valence electrons. The second-order valence-corrected chi connectivity index (χ2v) is 5.13. The number of nitrogens with zero attached hydrogens (tertiary/aromatic N) is 1. The molecule has 2 rings (SSSR count). The molecule has 4 heteroatoms. The summed E-state index contributed by atoms with van der Waals surface area (Å²) < 4.78 is 0. The van der Waals surface area contributed by atoms with E-state index in [0.29, 0.717) is 10.6 Å². The number of rotatable bonds is 3. The van der Waals surface area contributed by atoms with Crippen molar-refractivity contribution in [2.75, 3.05) is 7.05 Å². The minimum Gasteiger partial charge on any atom is -0.508 e. The number of phenolic OH excluding ortho intramolecular Hbond substituents is 1. The Kier molecular flexibility index (Phi) is 4.30. The van der Waals surface area contributed by atoms with Crippen molar-refractivity contribution in [2.45, 2.75) is 13.0 Å². The summed E-state index contributed by atoms with van der Waals surface area (Å²) in [5.41, 5.74) is 1.47. The largest absolute Gasteiger partial charge is 0.508 e. The molecule has 0 heterocycles. The van der Waals surface area contributed by atoms with Crippen LogP contribution in [-0.4, -0.2) is 23.0 Å². The Morgan fingerprint density at radius 3 is 2.45 bits per heavy atom. The molecule has 0 bridgehead atoms. The molecule has 1 amide bonds. The van der Waals surface area contributed by atoms with E-state index >= 15 is 0 Å². The lowest BCUT2D eigenvalue weighted by Gasteiger charge is -2.25. The van der Waals surface area contributed by atoms with E-state index in [9.17, 15) is 9.90 Å². The summed E-state index contributed by atoms with van der Waals surface area (Å²) >= 11 is 5.86. The predicted octanol–water partition coefficient (Wildman–Crippen LogP) is 3.88. The number of amides is 1. The Labute approximate surface area is 123 Å². The van der Waals surface area contributed by atoms with Crippen LogP contribution in [0.5, 0.6) is 5.75 Å².